The van der Waals surface area contributed by atoms with Crippen molar-refractivity contribution in [2.75, 3.05) is 32.7 Å². The molecule has 0 saturated carbocycles. The first kappa shape index (κ1) is 29.8. The van der Waals surface area contributed by atoms with Gasteiger partial charge in [0, 0.05) is 41.5 Å². The average Bonchev–Trinajstić information content (AvgIpc) is 3.31. The minimum absolute atomic E-state index is 0.0611. The van der Waals surface area contributed by atoms with E-state index in [1.165, 1.54) is 37.9 Å². The van der Waals surface area contributed by atoms with Crippen molar-refractivity contribution in [2.24, 2.45) is 17.6 Å². The fourth-order valence-electron chi connectivity index (χ4n) is 5.50. The highest BCUT2D eigenvalue weighted by atomic mass is 16.2. The Labute approximate surface area is 240 Å². The van der Waals surface area contributed by atoms with Gasteiger partial charge in [-0.25, -0.2) is 4.52 Å². The first-order valence-electron chi connectivity index (χ1n) is 15.2. The number of hydrogen-bond acceptors (Lipinski definition) is 4. The van der Waals surface area contributed by atoms with E-state index >= 15 is 0 Å². The molecule has 0 bridgehead atoms. The number of pyridine rings is 1. The standard InChI is InChI=1S/C33H48N6O/c1-24(2)14-20-38(21-15-25(3)4)33(40)28-16-22-39-30(23-28)29(9-8-19-37-17-6-5-7-18-37)31(36-39)26-10-12-27(13-11-26)32(34)35/h10-13,16,22-25H,5-9,14-15,17-21H2,1-4H3,(H3,34,35). The molecule has 4 rings (SSSR count). The number of carbonyl (C=O) groups is 1. The molecule has 1 fully saturated rings. The summed E-state index contributed by atoms with van der Waals surface area (Å²) in [6, 6.07) is 11.7. The van der Waals surface area contributed by atoms with E-state index in [-0.39, 0.29) is 11.7 Å². The monoisotopic (exact) mass is 544 g/mol. The van der Waals surface area contributed by atoms with Crippen molar-refractivity contribution >= 4 is 17.3 Å². The summed E-state index contributed by atoms with van der Waals surface area (Å²) < 4.78 is 1.92. The van der Waals surface area contributed by atoms with Gasteiger partial charge >= 0.3 is 0 Å². The molecular formula is C33H48N6O. The molecule has 0 spiro atoms. The fraction of sp³-hybridized carbons (Fsp3) is 0.545. The first-order chi connectivity index (χ1) is 19.2. The Morgan fingerprint density at radius 2 is 1.62 bits per heavy atom. The van der Waals surface area contributed by atoms with Crippen LogP contribution in [-0.4, -0.2) is 63.9 Å². The zero-order valence-corrected chi connectivity index (χ0v) is 25.0. The number of piperidine rings is 1. The summed E-state index contributed by atoms with van der Waals surface area (Å²) in [6.45, 7) is 13.9. The number of rotatable bonds is 13. The number of amidine groups is 1. The lowest BCUT2D eigenvalue weighted by Crippen LogP contribution is -2.34. The van der Waals surface area contributed by atoms with Crippen LogP contribution in [0.4, 0.5) is 0 Å². The average molecular weight is 545 g/mol. The predicted molar refractivity (Wildman–Crippen MR) is 165 cm³/mol. The maximum atomic E-state index is 13.8. The minimum Gasteiger partial charge on any atom is -0.384 e. The highest BCUT2D eigenvalue weighted by Crippen LogP contribution is 2.29. The highest BCUT2D eigenvalue weighted by molar-refractivity contribution is 5.96. The van der Waals surface area contributed by atoms with Gasteiger partial charge in [0.1, 0.15) is 5.84 Å². The topological polar surface area (TPSA) is 90.7 Å². The minimum atomic E-state index is 0.0611. The zero-order chi connectivity index (χ0) is 28.6. The summed E-state index contributed by atoms with van der Waals surface area (Å²) in [7, 11) is 0. The van der Waals surface area contributed by atoms with Crippen LogP contribution in [0.5, 0.6) is 0 Å². The summed E-state index contributed by atoms with van der Waals surface area (Å²) >= 11 is 0. The number of benzene rings is 1. The molecule has 216 valence electrons. The molecule has 1 amide bonds. The Bertz CT molecular complexity index is 1260. The molecule has 7 heteroatoms. The number of likely N-dealkylation sites (tertiary alicyclic amines) is 1. The van der Waals surface area contributed by atoms with Crippen molar-refractivity contribution in [3.63, 3.8) is 0 Å². The Hall–Kier alpha value is -3.19. The maximum absolute atomic E-state index is 13.8. The zero-order valence-electron chi connectivity index (χ0n) is 25.0. The van der Waals surface area contributed by atoms with Crippen LogP contribution in [0.15, 0.2) is 42.6 Å². The summed E-state index contributed by atoms with van der Waals surface area (Å²) in [5.41, 5.74) is 11.3. The van der Waals surface area contributed by atoms with Crippen molar-refractivity contribution in [2.45, 2.75) is 72.6 Å². The number of nitrogens with zero attached hydrogens (tertiary/aromatic N) is 4. The van der Waals surface area contributed by atoms with Crippen molar-refractivity contribution in [1.82, 2.24) is 19.4 Å². The summed E-state index contributed by atoms with van der Waals surface area (Å²) in [4.78, 5) is 18.4. The summed E-state index contributed by atoms with van der Waals surface area (Å²) in [5.74, 6) is 1.27. The molecule has 2 aromatic heterocycles. The van der Waals surface area contributed by atoms with Crippen LogP contribution in [0.25, 0.3) is 16.8 Å². The van der Waals surface area contributed by atoms with Crippen LogP contribution in [0.3, 0.4) is 0 Å². The Balaban J connectivity index is 1.66. The SMILES string of the molecule is CC(C)CCN(CCC(C)C)C(=O)c1ccn2nc(-c3ccc(C(=N)N)cc3)c(CCCN3CCCCC3)c2c1. The van der Waals surface area contributed by atoms with E-state index in [1.54, 1.807) is 0 Å². The van der Waals surface area contributed by atoms with E-state index < -0.39 is 0 Å². The van der Waals surface area contributed by atoms with Gasteiger partial charge in [0.15, 0.2) is 0 Å². The van der Waals surface area contributed by atoms with Crippen molar-refractivity contribution in [3.05, 3.63) is 59.3 Å². The summed E-state index contributed by atoms with van der Waals surface area (Å²) in [6.07, 6.45) is 9.81. The Kier molecular flexibility index (Phi) is 10.4. The molecular weight excluding hydrogens is 496 g/mol. The van der Waals surface area contributed by atoms with Gasteiger partial charge in [-0.3, -0.25) is 10.2 Å². The molecule has 1 aliphatic heterocycles. The number of fused-ring (bicyclic) bond motifs is 1. The molecule has 3 heterocycles. The molecule has 1 aromatic carbocycles. The normalized spacial score (nSPS) is 14.3. The quantitative estimate of drug-likeness (QED) is 0.197. The molecule has 40 heavy (non-hydrogen) atoms. The van der Waals surface area contributed by atoms with E-state index in [2.05, 4.69) is 38.7 Å². The molecule has 0 aliphatic carbocycles. The van der Waals surface area contributed by atoms with Crippen LogP contribution in [-0.2, 0) is 6.42 Å². The molecule has 0 radical (unpaired) electrons. The molecule has 0 unspecified atom stereocenters. The van der Waals surface area contributed by atoms with E-state index in [1.807, 2.05) is 45.9 Å². The second-order valence-corrected chi connectivity index (χ2v) is 12.2. The fourth-order valence-corrected chi connectivity index (χ4v) is 5.50. The van der Waals surface area contributed by atoms with Gasteiger partial charge in [-0.2, -0.15) is 5.10 Å². The third-order valence-electron chi connectivity index (χ3n) is 8.04. The van der Waals surface area contributed by atoms with Gasteiger partial charge < -0.3 is 15.5 Å². The van der Waals surface area contributed by atoms with Crippen LogP contribution in [0.2, 0.25) is 0 Å². The first-order valence-corrected chi connectivity index (χ1v) is 15.2. The number of nitrogens with one attached hydrogen (secondary N) is 1. The van der Waals surface area contributed by atoms with Crippen molar-refractivity contribution in [1.29, 1.82) is 5.41 Å². The van der Waals surface area contributed by atoms with Crippen LogP contribution in [0, 0.1) is 17.2 Å². The number of nitrogens with two attached hydrogens (primary N) is 1. The molecule has 1 aliphatic rings. The predicted octanol–water partition coefficient (Wildman–Crippen LogP) is 6.24. The lowest BCUT2D eigenvalue weighted by molar-refractivity contribution is 0.0741. The van der Waals surface area contributed by atoms with E-state index in [9.17, 15) is 4.79 Å². The molecule has 1 saturated heterocycles. The number of amides is 1. The third kappa shape index (κ3) is 7.72. The largest absolute Gasteiger partial charge is 0.384 e. The third-order valence-corrected chi connectivity index (χ3v) is 8.04. The summed E-state index contributed by atoms with van der Waals surface area (Å²) in [5, 5.41) is 12.7. The second kappa shape index (κ2) is 13.9. The second-order valence-electron chi connectivity index (χ2n) is 12.2. The van der Waals surface area contributed by atoms with Gasteiger partial charge in [0.05, 0.1) is 11.2 Å². The molecule has 0 atom stereocenters. The number of aromatic nitrogens is 2. The van der Waals surface area contributed by atoms with Gasteiger partial charge in [-0.15, -0.1) is 0 Å². The Morgan fingerprint density at radius 1 is 0.975 bits per heavy atom. The van der Waals surface area contributed by atoms with Crippen LogP contribution in [0.1, 0.15) is 87.7 Å². The lowest BCUT2D eigenvalue weighted by atomic mass is 10.00. The van der Waals surface area contributed by atoms with Crippen molar-refractivity contribution < 1.29 is 4.79 Å². The van der Waals surface area contributed by atoms with E-state index in [0.717, 1.165) is 67.7 Å². The molecule has 7 nitrogen and oxygen atoms in total. The number of hydrogen-bond donors (Lipinski definition) is 2. The number of aryl methyl sites for hydroxylation is 1. The number of carbonyl (C=O) groups excluding carboxylic acids is 1. The van der Waals surface area contributed by atoms with Gasteiger partial charge in [-0.05, 0) is 82.1 Å². The van der Waals surface area contributed by atoms with Gasteiger partial charge in [0.2, 0.25) is 0 Å². The van der Waals surface area contributed by atoms with E-state index in [4.69, 9.17) is 16.2 Å². The highest BCUT2D eigenvalue weighted by Gasteiger charge is 2.21. The smallest absolute Gasteiger partial charge is 0.253 e. The van der Waals surface area contributed by atoms with E-state index in [0.29, 0.717) is 17.4 Å². The lowest BCUT2D eigenvalue weighted by Gasteiger charge is -2.26. The van der Waals surface area contributed by atoms with Crippen molar-refractivity contribution in [3.8, 4) is 11.3 Å². The van der Waals surface area contributed by atoms with Gasteiger partial charge in [-0.1, -0.05) is 58.4 Å². The van der Waals surface area contributed by atoms with Crippen LogP contribution < -0.4 is 5.73 Å². The van der Waals surface area contributed by atoms with Gasteiger partial charge in [0.25, 0.3) is 5.91 Å². The number of nitrogen functional groups attached to an aromatic ring is 1. The maximum Gasteiger partial charge on any atom is 0.253 e. The van der Waals surface area contributed by atoms with Crippen LogP contribution >= 0.6 is 0 Å². The Morgan fingerprint density at radius 3 is 2.23 bits per heavy atom. The molecule has 3 aromatic rings. The molecule has 3 N–H and O–H groups in total.